The van der Waals surface area contributed by atoms with Gasteiger partial charge in [0.1, 0.15) is 5.82 Å². The molecule has 1 amide bonds. The lowest BCUT2D eigenvalue weighted by Gasteiger charge is -2.30. The summed E-state index contributed by atoms with van der Waals surface area (Å²) in [6.45, 7) is 0.102. The number of aliphatic hydroxyl groups is 1. The average molecular weight is 265 g/mol. The van der Waals surface area contributed by atoms with Crippen LogP contribution in [0.15, 0.2) is 24.3 Å². The summed E-state index contributed by atoms with van der Waals surface area (Å²) < 4.78 is 13.5. The fourth-order valence-corrected chi connectivity index (χ4v) is 2.69. The lowest BCUT2D eigenvalue weighted by Crippen LogP contribution is -2.44. The van der Waals surface area contributed by atoms with Gasteiger partial charge in [-0.25, -0.2) is 4.39 Å². The van der Waals surface area contributed by atoms with Crippen LogP contribution in [0.5, 0.6) is 0 Å². The molecule has 0 saturated heterocycles. The van der Waals surface area contributed by atoms with Crippen LogP contribution >= 0.6 is 0 Å². The standard InChI is InChI=1S/C15H20FNO2/c16-13-7-3-1-5-11(13)9-15(19)17-14-8-4-2-6-12(14)10-18/h1,3,5,7,12,14,18H,2,4,6,8-10H2,(H,17,19). The number of halogens is 1. The highest BCUT2D eigenvalue weighted by atomic mass is 19.1. The van der Waals surface area contributed by atoms with Crippen molar-refractivity contribution < 1.29 is 14.3 Å². The second kappa shape index (κ2) is 6.66. The number of carbonyl (C=O) groups excluding carboxylic acids is 1. The number of hydrogen-bond donors (Lipinski definition) is 2. The van der Waals surface area contributed by atoms with Crippen molar-refractivity contribution in [1.29, 1.82) is 0 Å². The zero-order chi connectivity index (χ0) is 13.7. The Bertz CT molecular complexity index is 436. The van der Waals surface area contributed by atoms with E-state index in [0.717, 1.165) is 25.7 Å². The molecule has 104 valence electrons. The third kappa shape index (κ3) is 3.77. The maximum absolute atomic E-state index is 13.5. The van der Waals surface area contributed by atoms with Crippen LogP contribution < -0.4 is 5.32 Å². The van der Waals surface area contributed by atoms with E-state index in [9.17, 15) is 14.3 Å². The minimum atomic E-state index is -0.347. The number of aliphatic hydroxyl groups excluding tert-OH is 1. The third-order valence-corrected chi connectivity index (χ3v) is 3.80. The maximum Gasteiger partial charge on any atom is 0.224 e. The van der Waals surface area contributed by atoms with Gasteiger partial charge in [0.05, 0.1) is 6.42 Å². The maximum atomic E-state index is 13.5. The van der Waals surface area contributed by atoms with Gasteiger partial charge in [0.2, 0.25) is 5.91 Å². The Balaban J connectivity index is 1.92. The van der Waals surface area contributed by atoms with E-state index in [4.69, 9.17) is 0 Å². The summed E-state index contributed by atoms with van der Waals surface area (Å²) in [7, 11) is 0. The summed E-state index contributed by atoms with van der Waals surface area (Å²) in [5, 5.41) is 12.2. The molecule has 2 rings (SSSR count). The molecule has 0 aliphatic heterocycles. The summed E-state index contributed by atoms with van der Waals surface area (Å²) in [5.74, 6) is -0.381. The first kappa shape index (κ1) is 14.0. The monoisotopic (exact) mass is 265 g/mol. The first-order chi connectivity index (χ1) is 9.20. The van der Waals surface area contributed by atoms with Gasteiger partial charge in [0, 0.05) is 18.6 Å². The van der Waals surface area contributed by atoms with Crippen molar-refractivity contribution >= 4 is 5.91 Å². The molecule has 1 aromatic carbocycles. The van der Waals surface area contributed by atoms with E-state index < -0.39 is 0 Å². The third-order valence-electron chi connectivity index (χ3n) is 3.80. The molecule has 1 saturated carbocycles. The number of carbonyl (C=O) groups is 1. The zero-order valence-electron chi connectivity index (χ0n) is 10.9. The van der Waals surface area contributed by atoms with E-state index >= 15 is 0 Å². The van der Waals surface area contributed by atoms with Crippen LogP contribution in [0.4, 0.5) is 4.39 Å². The van der Waals surface area contributed by atoms with Gasteiger partial charge in [-0.3, -0.25) is 4.79 Å². The molecule has 0 heterocycles. The molecule has 3 nitrogen and oxygen atoms in total. The molecule has 1 aromatic rings. The smallest absolute Gasteiger partial charge is 0.224 e. The van der Waals surface area contributed by atoms with E-state index in [1.165, 1.54) is 6.07 Å². The van der Waals surface area contributed by atoms with Crippen LogP contribution in [0.1, 0.15) is 31.2 Å². The zero-order valence-corrected chi connectivity index (χ0v) is 10.9. The number of hydrogen-bond acceptors (Lipinski definition) is 2. The summed E-state index contributed by atoms with van der Waals surface area (Å²) >= 11 is 0. The molecule has 1 aliphatic carbocycles. The molecule has 19 heavy (non-hydrogen) atoms. The molecule has 4 heteroatoms. The minimum Gasteiger partial charge on any atom is -0.396 e. The quantitative estimate of drug-likeness (QED) is 0.875. The van der Waals surface area contributed by atoms with E-state index in [-0.39, 0.29) is 36.7 Å². The Morgan fingerprint density at radius 3 is 2.79 bits per heavy atom. The Morgan fingerprint density at radius 2 is 2.05 bits per heavy atom. The van der Waals surface area contributed by atoms with Gasteiger partial charge in [-0.1, -0.05) is 31.0 Å². The lowest BCUT2D eigenvalue weighted by atomic mass is 9.85. The van der Waals surface area contributed by atoms with E-state index in [2.05, 4.69) is 5.32 Å². The number of rotatable bonds is 4. The molecule has 1 aliphatic rings. The van der Waals surface area contributed by atoms with Gasteiger partial charge >= 0.3 is 0 Å². The number of amides is 1. The van der Waals surface area contributed by atoms with Crippen molar-refractivity contribution in [3.8, 4) is 0 Å². The summed E-state index contributed by atoms with van der Waals surface area (Å²) in [6, 6.07) is 6.35. The van der Waals surface area contributed by atoms with Crippen LogP contribution in [0.25, 0.3) is 0 Å². The topological polar surface area (TPSA) is 49.3 Å². The van der Waals surface area contributed by atoms with Gasteiger partial charge < -0.3 is 10.4 Å². The second-order valence-electron chi connectivity index (χ2n) is 5.17. The molecular formula is C15H20FNO2. The largest absolute Gasteiger partial charge is 0.396 e. The van der Waals surface area contributed by atoms with Crippen molar-refractivity contribution in [2.24, 2.45) is 5.92 Å². The fraction of sp³-hybridized carbons (Fsp3) is 0.533. The van der Waals surface area contributed by atoms with Crippen molar-refractivity contribution in [1.82, 2.24) is 5.32 Å². The average Bonchev–Trinajstić information content (AvgIpc) is 2.42. The molecule has 0 bridgehead atoms. The van der Waals surface area contributed by atoms with Crippen LogP contribution in [0.3, 0.4) is 0 Å². The normalized spacial score (nSPS) is 23.1. The Labute approximate surface area is 112 Å². The van der Waals surface area contributed by atoms with Crippen molar-refractivity contribution in [3.05, 3.63) is 35.6 Å². The van der Waals surface area contributed by atoms with E-state index in [1.807, 2.05) is 0 Å². The molecule has 2 N–H and O–H groups in total. The predicted molar refractivity (Wildman–Crippen MR) is 71.1 cm³/mol. The highest BCUT2D eigenvalue weighted by molar-refractivity contribution is 5.78. The highest BCUT2D eigenvalue weighted by Gasteiger charge is 2.25. The highest BCUT2D eigenvalue weighted by Crippen LogP contribution is 2.24. The molecule has 0 radical (unpaired) electrons. The van der Waals surface area contributed by atoms with Gasteiger partial charge in [0.25, 0.3) is 0 Å². The van der Waals surface area contributed by atoms with Crippen LogP contribution in [0.2, 0.25) is 0 Å². The van der Waals surface area contributed by atoms with Gasteiger partial charge in [-0.15, -0.1) is 0 Å². The fourth-order valence-electron chi connectivity index (χ4n) is 2.69. The predicted octanol–water partition coefficient (Wildman–Crippen LogP) is 2.04. The van der Waals surface area contributed by atoms with Crippen molar-refractivity contribution in [2.45, 2.75) is 38.1 Å². The molecular weight excluding hydrogens is 245 g/mol. The molecule has 0 spiro atoms. The number of nitrogens with one attached hydrogen (secondary N) is 1. The molecule has 0 aromatic heterocycles. The number of benzene rings is 1. The molecule has 2 atom stereocenters. The minimum absolute atomic E-state index is 0.0259. The van der Waals surface area contributed by atoms with E-state index in [0.29, 0.717) is 5.56 Å². The van der Waals surface area contributed by atoms with Crippen LogP contribution in [-0.4, -0.2) is 23.7 Å². The van der Waals surface area contributed by atoms with Gasteiger partial charge in [-0.05, 0) is 24.5 Å². The van der Waals surface area contributed by atoms with E-state index in [1.54, 1.807) is 18.2 Å². The Kier molecular flexibility index (Phi) is 4.91. The summed E-state index contributed by atoms with van der Waals surface area (Å²) in [4.78, 5) is 11.9. The van der Waals surface area contributed by atoms with Gasteiger partial charge in [0.15, 0.2) is 0 Å². The first-order valence-corrected chi connectivity index (χ1v) is 6.84. The Hall–Kier alpha value is -1.42. The summed E-state index contributed by atoms with van der Waals surface area (Å²) in [5.41, 5.74) is 0.413. The summed E-state index contributed by atoms with van der Waals surface area (Å²) in [6.07, 6.45) is 4.07. The van der Waals surface area contributed by atoms with Crippen molar-refractivity contribution in [3.63, 3.8) is 0 Å². The molecule has 2 unspecified atom stereocenters. The Morgan fingerprint density at radius 1 is 1.32 bits per heavy atom. The second-order valence-corrected chi connectivity index (χ2v) is 5.17. The lowest BCUT2D eigenvalue weighted by molar-refractivity contribution is -0.121. The SMILES string of the molecule is O=C(Cc1ccccc1F)NC1CCCCC1CO. The van der Waals surface area contributed by atoms with Crippen LogP contribution in [0, 0.1) is 11.7 Å². The van der Waals surface area contributed by atoms with Gasteiger partial charge in [-0.2, -0.15) is 0 Å². The molecule has 1 fully saturated rings. The first-order valence-electron chi connectivity index (χ1n) is 6.84. The van der Waals surface area contributed by atoms with Crippen LogP contribution in [-0.2, 0) is 11.2 Å². The van der Waals surface area contributed by atoms with Crippen molar-refractivity contribution in [2.75, 3.05) is 6.61 Å².